The van der Waals surface area contributed by atoms with Crippen molar-refractivity contribution in [2.24, 2.45) is 0 Å². The van der Waals surface area contributed by atoms with E-state index >= 15 is 0 Å². The number of benzene rings is 5. The average molecular weight is 606 g/mol. The van der Waals surface area contributed by atoms with Crippen molar-refractivity contribution < 1.29 is 0 Å². The van der Waals surface area contributed by atoms with Crippen LogP contribution >= 0.6 is 23.2 Å². The molecule has 0 atom stereocenters. The maximum atomic E-state index is 6.29. The van der Waals surface area contributed by atoms with Gasteiger partial charge in [0.2, 0.25) is 0 Å². The largest absolute Gasteiger partial charge is 0.256 e. The van der Waals surface area contributed by atoms with Crippen LogP contribution in [0.5, 0.6) is 0 Å². The zero-order valence-corrected chi connectivity index (χ0v) is 25.3. The SMILES string of the molecule is C=Cc1ccc(-c2cc(-c3ccc(Cl)cc3)c3ccc4c(-c5ccc(Cl)cc5)cc(-c5ccc(C=C)cn5)cc4c3c2)nc1. The summed E-state index contributed by atoms with van der Waals surface area (Å²) in [5, 5.41) is 5.93. The number of rotatable bonds is 6. The molecule has 0 aliphatic heterocycles. The van der Waals surface area contributed by atoms with Gasteiger partial charge in [-0.05, 0) is 116 Å². The van der Waals surface area contributed by atoms with Crippen molar-refractivity contribution in [2.45, 2.75) is 0 Å². The van der Waals surface area contributed by atoms with E-state index < -0.39 is 0 Å². The number of halogens is 2. The highest BCUT2D eigenvalue weighted by Crippen LogP contribution is 2.42. The van der Waals surface area contributed by atoms with Gasteiger partial charge in [0.05, 0.1) is 11.4 Å². The van der Waals surface area contributed by atoms with E-state index in [1.807, 2.05) is 60.9 Å². The smallest absolute Gasteiger partial charge is 0.0702 e. The fraction of sp³-hybridized carbons (Fsp3) is 0. The molecule has 0 saturated carbocycles. The average Bonchev–Trinajstić information content (AvgIpc) is 3.08. The molecule has 2 heterocycles. The third kappa shape index (κ3) is 5.20. The zero-order chi connectivity index (χ0) is 30.2. The Hall–Kier alpha value is -5.02. The number of hydrogen-bond donors (Lipinski definition) is 0. The van der Waals surface area contributed by atoms with Gasteiger partial charge in [-0.3, -0.25) is 9.97 Å². The summed E-state index contributed by atoms with van der Waals surface area (Å²) in [7, 11) is 0. The highest BCUT2D eigenvalue weighted by Gasteiger charge is 2.16. The molecule has 0 fully saturated rings. The fourth-order valence-electron chi connectivity index (χ4n) is 5.70. The van der Waals surface area contributed by atoms with Crippen LogP contribution in [0.2, 0.25) is 10.0 Å². The molecule has 0 spiro atoms. The third-order valence-corrected chi connectivity index (χ3v) is 8.52. The van der Waals surface area contributed by atoms with Crippen molar-refractivity contribution in [1.82, 2.24) is 9.97 Å². The Kier molecular flexibility index (Phi) is 7.31. The molecule has 2 aromatic heterocycles. The lowest BCUT2D eigenvalue weighted by molar-refractivity contribution is 1.32. The van der Waals surface area contributed by atoms with Crippen molar-refractivity contribution in [3.8, 4) is 44.8 Å². The Morgan fingerprint density at radius 2 is 0.841 bits per heavy atom. The minimum atomic E-state index is 0.702. The zero-order valence-electron chi connectivity index (χ0n) is 23.8. The van der Waals surface area contributed by atoms with Gasteiger partial charge in [0.25, 0.3) is 0 Å². The molecule has 0 saturated heterocycles. The second kappa shape index (κ2) is 11.6. The number of aromatic nitrogens is 2. The Balaban J connectivity index is 1.57. The summed E-state index contributed by atoms with van der Waals surface area (Å²) in [6, 6.07) is 37.5. The minimum absolute atomic E-state index is 0.702. The lowest BCUT2D eigenvalue weighted by atomic mass is 9.88. The summed E-state index contributed by atoms with van der Waals surface area (Å²) in [6.07, 6.45) is 7.32. The lowest BCUT2D eigenvalue weighted by Gasteiger charge is -2.17. The van der Waals surface area contributed by atoms with Crippen molar-refractivity contribution >= 4 is 56.9 Å². The first-order valence-corrected chi connectivity index (χ1v) is 15.0. The normalized spacial score (nSPS) is 11.1. The van der Waals surface area contributed by atoms with Gasteiger partial charge in [0.15, 0.2) is 0 Å². The van der Waals surface area contributed by atoms with E-state index in [0.29, 0.717) is 10.0 Å². The van der Waals surface area contributed by atoms with Crippen molar-refractivity contribution in [3.05, 3.63) is 156 Å². The summed E-state index contributed by atoms with van der Waals surface area (Å²) in [5.41, 5.74) is 10.2. The van der Waals surface area contributed by atoms with E-state index in [9.17, 15) is 0 Å². The molecule has 4 heteroatoms. The van der Waals surface area contributed by atoms with Crippen molar-refractivity contribution in [2.75, 3.05) is 0 Å². The van der Waals surface area contributed by atoms with E-state index in [-0.39, 0.29) is 0 Å². The van der Waals surface area contributed by atoms with E-state index in [1.165, 1.54) is 0 Å². The van der Waals surface area contributed by atoms with Crippen molar-refractivity contribution in [3.63, 3.8) is 0 Å². The molecule has 7 rings (SSSR count). The number of nitrogens with zero attached hydrogens (tertiary/aromatic N) is 2. The molecule has 2 nitrogen and oxygen atoms in total. The van der Waals surface area contributed by atoms with E-state index in [4.69, 9.17) is 33.2 Å². The topological polar surface area (TPSA) is 25.8 Å². The van der Waals surface area contributed by atoms with Gasteiger partial charge in [-0.25, -0.2) is 0 Å². The molecular weight excluding hydrogens is 579 g/mol. The van der Waals surface area contributed by atoms with Crippen LogP contribution in [0.4, 0.5) is 0 Å². The fourth-order valence-corrected chi connectivity index (χ4v) is 5.96. The quantitative estimate of drug-likeness (QED) is 0.176. The van der Waals surface area contributed by atoms with Crippen LogP contribution in [-0.4, -0.2) is 9.97 Å². The summed E-state index contributed by atoms with van der Waals surface area (Å²) in [6.45, 7) is 7.76. The Morgan fingerprint density at radius 1 is 0.432 bits per heavy atom. The van der Waals surface area contributed by atoms with E-state index in [1.54, 1.807) is 12.2 Å². The standard InChI is InChI=1S/C40H26Cl2N2/c1-3-25-5-17-39(43-23-25)29-19-35(27-7-11-31(41)12-8-27)33-15-16-34-36(28-9-13-32(42)14-10-28)20-30(22-38(34)37(33)21-29)40-18-6-26(4-2)24-44-40/h3-24H,1-2H2. The summed E-state index contributed by atoms with van der Waals surface area (Å²) >= 11 is 12.6. The van der Waals surface area contributed by atoms with Gasteiger partial charge >= 0.3 is 0 Å². The third-order valence-electron chi connectivity index (χ3n) is 8.01. The molecule has 0 amide bonds. The number of fused-ring (bicyclic) bond motifs is 3. The molecule has 5 aromatic carbocycles. The molecule has 0 bridgehead atoms. The molecule has 0 radical (unpaired) electrons. The number of pyridine rings is 2. The highest BCUT2D eigenvalue weighted by atomic mass is 35.5. The van der Waals surface area contributed by atoms with Gasteiger partial charge in [0.1, 0.15) is 0 Å². The minimum Gasteiger partial charge on any atom is -0.256 e. The van der Waals surface area contributed by atoms with Gasteiger partial charge in [-0.2, -0.15) is 0 Å². The second-order valence-corrected chi connectivity index (χ2v) is 11.6. The molecule has 0 aliphatic rings. The van der Waals surface area contributed by atoms with Gasteiger partial charge in [-0.15, -0.1) is 0 Å². The van der Waals surface area contributed by atoms with E-state index in [0.717, 1.165) is 77.4 Å². The van der Waals surface area contributed by atoms with E-state index in [2.05, 4.69) is 73.8 Å². The van der Waals surface area contributed by atoms with Gasteiger partial charge < -0.3 is 0 Å². The molecule has 0 aliphatic carbocycles. The summed E-state index contributed by atoms with van der Waals surface area (Å²) in [5.74, 6) is 0. The number of hydrogen-bond acceptors (Lipinski definition) is 2. The van der Waals surface area contributed by atoms with Gasteiger partial charge in [-0.1, -0.05) is 97.0 Å². The van der Waals surface area contributed by atoms with Crippen LogP contribution in [0.15, 0.2) is 135 Å². The van der Waals surface area contributed by atoms with Crippen LogP contribution in [-0.2, 0) is 0 Å². The van der Waals surface area contributed by atoms with Gasteiger partial charge in [0, 0.05) is 33.6 Å². The molecule has 0 unspecified atom stereocenters. The first-order chi connectivity index (χ1) is 21.5. The highest BCUT2D eigenvalue weighted by molar-refractivity contribution is 6.31. The molecule has 44 heavy (non-hydrogen) atoms. The lowest BCUT2D eigenvalue weighted by Crippen LogP contribution is -1.92. The first kappa shape index (κ1) is 27.8. The van der Waals surface area contributed by atoms with Crippen molar-refractivity contribution in [1.29, 1.82) is 0 Å². The maximum absolute atomic E-state index is 6.29. The van der Waals surface area contributed by atoms with Crippen LogP contribution in [0.25, 0.3) is 78.5 Å². The van der Waals surface area contributed by atoms with Crippen LogP contribution in [0.3, 0.4) is 0 Å². The Labute approximate surface area is 266 Å². The van der Waals surface area contributed by atoms with Crippen LogP contribution < -0.4 is 0 Å². The summed E-state index contributed by atoms with van der Waals surface area (Å²) < 4.78 is 0. The summed E-state index contributed by atoms with van der Waals surface area (Å²) in [4.78, 5) is 9.57. The predicted octanol–water partition coefficient (Wildman–Crippen LogP) is 12.0. The molecule has 7 aromatic rings. The maximum Gasteiger partial charge on any atom is 0.0702 e. The Bertz CT molecular complexity index is 2020. The Morgan fingerprint density at radius 3 is 1.18 bits per heavy atom. The molecule has 210 valence electrons. The predicted molar refractivity (Wildman–Crippen MR) is 189 cm³/mol. The monoisotopic (exact) mass is 604 g/mol. The molecule has 0 N–H and O–H groups in total. The molecular formula is C40H26Cl2N2. The first-order valence-electron chi connectivity index (χ1n) is 14.2. The van der Waals surface area contributed by atoms with Crippen LogP contribution in [0.1, 0.15) is 11.1 Å². The van der Waals surface area contributed by atoms with Crippen LogP contribution in [0, 0.1) is 0 Å². The second-order valence-electron chi connectivity index (χ2n) is 10.7.